The van der Waals surface area contributed by atoms with Gasteiger partial charge in [-0.15, -0.1) is 0 Å². The van der Waals surface area contributed by atoms with Gasteiger partial charge in [0.05, 0.1) is 6.42 Å². The van der Waals surface area contributed by atoms with Gasteiger partial charge in [0.1, 0.15) is 0 Å². The lowest BCUT2D eigenvalue weighted by atomic mass is 9.79. The Morgan fingerprint density at radius 3 is 2.25 bits per heavy atom. The zero-order valence-electron chi connectivity index (χ0n) is 11.4. The lowest BCUT2D eigenvalue weighted by Crippen LogP contribution is -2.42. The molecule has 20 heavy (non-hydrogen) atoms. The molecule has 1 saturated carbocycles. The molecule has 0 saturated heterocycles. The number of carbonyl (C=O) groups is 2. The van der Waals surface area contributed by atoms with E-state index < -0.39 is 11.9 Å². The lowest BCUT2D eigenvalue weighted by Gasteiger charge is -2.38. The Morgan fingerprint density at radius 1 is 1.15 bits per heavy atom. The molecule has 0 heterocycles. The summed E-state index contributed by atoms with van der Waals surface area (Å²) < 4.78 is 0. The van der Waals surface area contributed by atoms with E-state index in [-0.39, 0.29) is 12.0 Å². The SMILES string of the molecule is NC(=O)c1ccc(NC2(CC(=O)O)CCCCC2)cc1. The molecule has 0 unspecified atom stereocenters. The van der Waals surface area contributed by atoms with Crippen molar-refractivity contribution in [2.45, 2.75) is 44.1 Å². The maximum atomic E-state index is 11.1. The average Bonchev–Trinajstić information content (AvgIpc) is 2.39. The molecule has 1 aromatic rings. The number of hydrogen-bond acceptors (Lipinski definition) is 3. The van der Waals surface area contributed by atoms with E-state index in [1.165, 1.54) is 0 Å². The molecule has 1 aliphatic carbocycles. The summed E-state index contributed by atoms with van der Waals surface area (Å²) in [5.41, 5.74) is 6.11. The van der Waals surface area contributed by atoms with Gasteiger partial charge in [-0.2, -0.15) is 0 Å². The predicted molar refractivity (Wildman–Crippen MR) is 76.7 cm³/mol. The standard InChI is InChI=1S/C15H20N2O3/c16-14(20)11-4-6-12(7-5-11)17-15(10-13(18)19)8-2-1-3-9-15/h4-7,17H,1-3,8-10H2,(H2,16,20)(H,18,19). The van der Waals surface area contributed by atoms with Crippen LogP contribution in [-0.2, 0) is 4.79 Å². The van der Waals surface area contributed by atoms with Crippen molar-refractivity contribution in [2.24, 2.45) is 5.73 Å². The molecule has 5 heteroatoms. The number of benzene rings is 1. The van der Waals surface area contributed by atoms with Crippen molar-refractivity contribution in [3.63, 3.8) is 0 Å². The summed E-state index contributed by atoms with van der Waals surface area (Å²) >= 11 is 0. The molecule has 1 fully saturated rings. The summed E-state index contributed by atoms with van der Waals surface area (Å²) in [6.07, 6.45) is 5.07. The molecule has 108 valence electrons. The summed E-state index contributed by atoms with van der Waals surface area (Å²) in [4.78, 5) is 22.1. The summed E-state index contributed by atoms with van der Waals surface area (Å²) in [5.74, 6) is -1.25. The third-order valence-electron chi connectivity index (χ3n) is 3.88. The predicted octanol–water partition coefficient (Wildman–Crippen LogP) is 2.38. The minimum atomic E-state index is -0.784. The third-order valence-corrected chi connectivity index (χ3v) is 3.88. The Hall–Kier alpha value is -2.04. The van der Waals surface area contributed by atoms with Crippen molar-refractivity contribution < 1.29 is 14.7 Å². The van der Waals surface area contributed by atoms with E-state index in [4.69, 9.17) is 10.8 Å². The van der Waals surface area contributed by atoms with Crippen LogP contribution in [0.1, 0.15) is 48.9 Å². The number of nitrogens with two attached hydrogens (primary N) is 1. The number of nitrogens with one attached hydrogen (secondary N) is 1. The van der Waals surface area contributed by atoms with Crippen molar-refractivity contribution in [3.8, 4) is 0 Å². The first-order chi connectivity index (χ1) is 9.51. The smallest absolute Gasteiger partial charge is 0.305 e. The van der Waals surface area contributed by atoms with Crippen LogP contribution in [0.5, 0.6) is 0 Å². The van der Waals surface area contributed by atoms with E-state index in [0.717, 1.165) is 37.8 Å². The van der Waals surface area contributed by atoms with Crippen molar-refractivity contribution in [1.82, 2.24) is 0 Å². The van der Waals surface area contributed by atoms with Gasteiger partial charge in [-0.05, 0) is 37.1 Å². The van der Waals surface area contributed by atoms with Crippen LogP contribution in [0, 0.1) is 0 Å². The molecule has 0 bridgehead atoms. The van der Waals surface area contributed by atoms with Crippen molar-refractivity contribution in [2.75, 3.05) is 5.32 Å². The average molecular weight is 276 g/mol. The number of rotatable bonds is 5. The number of amides is 1. The van der Waals surface area contributed by atoms with E-state index in [1.807, 2.05) is 0 Å². The van der Waals surface area contributed by atoms with Gasteiger partial charge in [-0.3, -0.25) is 9.59 Å². The van der Waals surface area contributed by atoms with Crippen LogP contribution in [0.2, 0.25) is 0 Å². The first kappa shape index (κ1) is 14.4. The van der Waals surface area contributed by atoms with Crippen LogP contribution < -0.4 is 11.1 Å². The van der Waals surface area contributed by atoms with E-state index in [0.29, 0.717) is 5.56 Å². The highest BCUT2D eigenvalue weighted by Crippen LogP contribution is 2.34. The molecule has 5 nitrogen and oxygen atoms in total. The van der Waals surface area contributed by atoms with Gasteiger partial charge in [0.15, 0.2) is 0 Å². The molecule has 0 radical (unpaired) electrons. The van der Waals surface area contributed by atoms with Crippen molar-refractivity contribution in [3.05, 3.63) is 29.8 Å². The van der Waals surface area contributed by atoms with Gasteiger partial charge in [0.25, 0.3) is 0 Å². The fourth-order valence-electron chi connectivity index (χ4n) is 2.89. The number of anilines is 1. The van der Waals surface area contributed by atoms with E-state index >= 15 is 0 Å². The Bertz CT molecular complexity index is 490. The van der Waals surface area contributed by atoms with Gasteiger partial charge in [0, 0.05) is 16.8 Å². The van der Waals surface area contributed by atoms with Gasteiger partial charge in [-0.25, -0.2) is 0 Å². The Balaban J connectivity index is 2.14. The molecular formula is C15H20N2O3. The van der Waals surface area contributed by atoms with E-state index in [2.05, 4.69) is 5.32 Å². The highest BCUT2D eigenvalue weighted by atomic mass is 16.4. The van der Waals surface area contributed by atoms with E-state index in [1.54, 1.807) is 24.3 Å². The summed E-state index contributed by atoms with van der Waals surface area (Å²) in [7, 11) is 0. The van der Waals surface area contributed by atoms with Crippen LogP contribution in [0.15, 0.2) is 24.3 Å². The Morgan fingerprint density at radius 2 is 1.75 bits per heavy atom. The van der Waals surface area contributed by atoms with Crippen molar-refractivity contribution >= 4 is 17.6 Å². The second-order valence-electron chi connectivity index (χ2n) is 5.48. The highest BCUT2D eigenvalue weighted by molar-refractivity contribution is 5.93. The first-order valence-corrected chi connectivity index (χ1v) is 6.91. The maximum absolute atomic E-state index is 11.1. The number of carboxylic acids is 1. The molecule has 1 amide bonds. The topological polar surface area (TPSA) is 92.4 Å². The Kier molecular flexibility index (Phi) is 4.27. The van der Waals surface area contributed by atoms with Gasteiger partial charge < -0.3 is 16.2 Å². The van der Waals surface area contributed by atoms with E-state index in [9.17, 15) is 9.59 Å². The second kappa shape index (κ2) is 5.94. The maximum Gasteiger partial charge on any atom is 0.305 e. The minimum absolute atomic E-state index is 0.116. The Labute approximate surface area is 118 Å². The third kappa shape index (κ3) is 3.50. The van der Waals surface area contributed by atoms with Crippen LogP contribution in [-0.4, -0.2) is 22.5 Å². The number of carboxylic acid groups (broad SMARTS) is 1. The molecule has 4 N–H and O–H groups in total. The quantitative estimate of drug-likeness (QED) is 0.769. The second-order valence-corrected chi connectivity index (χ2v) is 5.48. The molecule has 1 aromatic carbocycles. The molecule has 0 aliphatic heterocycles. The number of carbonyl (C=O) groups excluding carboxylic acids is 1. The summed E-state index contributed by atoms with van der Waals surface area (Å²) in [5, 5.41) is 12.5. The largest absolute Gasteiger partial charge is 0.481 e. The van der Waals surface area contributed by atoms with Crippen LogP contribution >= 0.6 is 0 Å². The normalized spacial score (nSPS) is 17.4. The fraction of sp³-hybridized carbons (Fsp3) is 0.467. The molecule has 0 atom stereocenters. The molecule has 1 aliphatic rings. The van der Waals surface area contributed by atoms with Crippen LogP contribution in [0.4, 0.5) is 5.69 Å². The van der Waals surface area contributed by atoms with Crippen LogP contribution in [0.25, 0.3) is 0 Å². The minimum Gasteiger partial charge on any atom is -0.481 e. The summed E-state index contributed by atoms with van der Waals surface area (Å²) in [6, 6.07) is 6.86. The molecule has 0 aromatic heterocycles. The lowest BCUT2D eigenvalue weighted by molar-refractivity contribution is -0.138. The molecular weight excluding hydrogens is 256 g/mol. The van der Waals surface area contributed by atoms with Gasteiger partial charge >= 0.3 is 5.97 Å². The van der Waals surface area contributed by atoms with Gasteiger partial charge in [0.2, 0.25) is 5.91 Å². The number of aliphatic carboxylic acids is 1. The summed E-state index contributed by atoms with van der Waals surface area (Å²) in [6.45, 7) is 0. The van der Waals surface area contributed by atoms with Gasteiger partial charge in [-0.1, -0.05) is 19.3 Å². The first-order valence-electron chi connectivity index (χ1n) is 6.91. The zero-order chi connectivity index (χ0) is 14.6. The number of primary amides is 1. The molecule has 2 rings (SSSR count). The van der Waals surface area contributed by atoms with Crippen LogP contribution in [0.3, 0.4) is 0 Å². The molecule has 0 spiro atoms. The monoisotopic (exact) mass is 276 g/mol. The highest BCUT2D eigenvalue weighted by Gasteiger charge is 2.34. The zero-order valence-corrected chi connectivity index (χ0v) is 11.4. The number of hydrogen-bond donors (Lipinski definition) is 3. The van der Waals surface area contributed by atoms with Crippen molar-refractivity contribution in [1.29, 1.82) is 0 Å². The fourth-order valence-corrected chi connectivity index (χ4v) is 2.89.